The van der Waals surface area contributed by atoms with Crippen LogP contribution in [-0.4, -0.2) is 18.7 Å². The van der Waals surface area contributed by atoms with Crippen molar-refractivity contribution in [2.24, 2.45) is 14.0 Å². The molecule has 12 aromatic rings. The molecule has 0 radical (unpaired) electrons. The SMILES string of the molecule is [2H]C([2H])([2H])n1c2ccc(C(C)(C)C)cc2c2cc3c4cc(C(C)(C)C)ccc4n(C([2H])([2H])[2H])c3c(N3[CH-]N(c4[c-]c(Oc5[c-]c6c(cc5)c5ccccc5n6-c5cc(C)c(-c6ccccc6)cn5)cc(C(C)(C)C)c4)c4ccccc43)c21.[Pt]. The summed E-state index contributed by atoms with van der Waals surface area (Å²) in [5.41, 5.74) is 11.7. The number of hydrogen-bond donors (Lipinski definition) is 0. The van der Waals surface area contributed by atoms with Gasteiger partial charge in [-0.3, -0.25) is 0 Å². The monoisotopic (exact) mass is 1190 g/mol. The Morgan fingerprint density at radius 3 is 1.73 bits per heavy atom. The molecular weight excluding hydrogens is 1120 g/mol. The van der Waals surface area contributed by atoms with E-state index in [0.717, 1.165) is 83.2 Å². The van der Waals surface area contributed by atoms with Gasteiger partial charge in [-0.25, -0.2) is 4.98 Å². The summed E-state index contributed by atoms with van der Waals surface area (Å²) in [6.45, 7) is 18.1. The van der Waals surface area contributed by atoms with Crippen molar-refractivity contribution in [3.8, 4) is 28.4 Å². The molecule has 0 amide bonds. The molecule has 8 heteroatoms. The van der Waals surface area contributed by atoms with E-state index in [0.29, 0.717) is 55.7 Å². The number of benzene rings is 8. The maximum Gasteiger partial charge on any atom is 0.135 e. The number of nitrogens with zero attached hydrogens (tertiary/aromatic N) is 6. The Morgan fingerprint density at radius 1 is 0.519 bits per heavy atom. The van der Waals surface area contributed by atoms with Crippen LogP contribution in [0.1, 0.15) is 92.8 Å². The molecule has 13 rings (SSSR count). The Labute approximate surface area is 475 Å². The summed E-state index contributed by atoms with van der Waals surface area (Å²) in [6.07, 6.45) is 1.94. The second kappa shape index (κ2) is 18.0. The molecule has 1 aliphatic heterocycles. The molecule has 0 unspecified atom stereocenters. The first-order valence-corrected chi connectivity index (χ1v) is 26.1. The largest absolute Gasteiger partial charge is 0.509 e. The zero-order valence-electron chi connectivity index (χ0n) is 51.0. The molecule has 0 atom stereocenters. The normalized spacial score (nSPS) is 14.7. The van der Waals surface area contributed by atoms with Gasteiger partial charge in [0.05, 0.1) is 16.7 Å². The first-order valence-electron chi connectivity index (χ1n) is 29.1. The van der Waals surface area contributed by atoms with Crippen LogP contribution in [0.2, 0.25) is 0 Å². The topological polar surface area (TPSA) is 43.4 Å². The quantitative estimate of drug-likeness (QED) is 0.156. The van der Waals surface area contributed by atoms with E-state index < -0.39 is 14.0 Å². The molecule has 0 saturated carbocycles. The molecule has 0 bridgehead atoms. The predicted octanol–water partition coefficient (Wildman–Crippen LogP) is 18.1. The third-order valence-corrected chi connectivity index (χ3v) is 15.5. The number of hydrogen-bond acceptors (Lipinski definition) is 4. The van der Waals surface area contributed by atoms with Gasteiger partial charge in [0, 0.05) is 116 Å². The number of anilines is 4. The minimum Gasteiger partial charge on any atom is -0.509 e. The Kier molecular flexibility index (Phi) is 10.2. The standard InChI is InChI=1S/C69H63N6O.Pt/c1-42-32-63(70-40-56(42)43-20-14-13-15-21-43)75-59-23-17-16-22-50(59)51-29-28-48(38-62(51)75)76-49-34-46(69(8,9)10)33-47(37-49)73-41-74(61-25-19-18-24-60(61)73)66-64-54(52-35-44(67(2,3)4)26-30-57(52)71(64)11)39-55-53-36-45(68(5,6)7)27-31-58(53)72(12)65(55)66;/h13-36,39-41H,1-12H3;/q-3;/i11D3,12D3;. The fourth-order valence-corrected chi connectivity index (χ4v) is 11.3. The number of aryl methyl sites for hydroxylation is 3. The van der Waals surface area contributed by atoms with Crippen molar-refractivity contribution in [3.05, 3.63) is 199 Å². The average Bonchev–Trinajstić information content (AvgIpc) is 3.51. The molecule has 4 aromatic heterocycles. The summed E-state index contributed by atoms with van der Waals surface area (Å²) >= 11 is 0. The molecule has 0 N–H and O–H groups in total. The van der Waals surface area contributed by atoms with Crippen LogP contribution in [0.5, 0.6) is 11.5 Å². The second-order valence-electron chi connectivity index (χ2n) is 23.6. The molecular formula is C69H63N6OPt-3. The Balaban J connectivity index is 0.00000680. The molecule has 0 spiro atoms. The summed E-state index contributed by atoms with van der Waals surface area (Å²) in [5, 5.41) is 5.02. The zero-order chi connectivity index (χ0) is 57.7. The fourth-order valence-electron chi connectivity index (χ4n) is 11.3. The van der Waals surface area contributed by atoms with Crippen LogP contribution in [0.15, 0.2) is 158 Å². The Bertz CT molecular complexity index is 4460. The van der Waals surface area contributed by atoms with E-state index in [1.54, 1.807) is 0 Å². The molecule has 5 heterocycles. The molecule has 0 saturated heterocycles. The van der Waals surface area contributed by atoms with Gasteiger partial charge in [-0.05, 0) is 105 Å². The summed E-state index contributed by atoms with van der Waals surface area (Å²) in [5.74, 6) is 1.72. The van der Waals surface area contributed by atoms with Crippen molar-refractivity contribution in [1.29, 1.82) is 0 Å². The van der Waals surface area contributed by atoms with Gasteiger partial charge in [-0.1, -0.05) is 141 Å². The van der Waals surface area contributed by atoms with Gasteiger partial charge in [0.1, 0.15) is 5.82 Å². The van der Waals surface area contributed by atoms with Gasteiger partial charge in [0.2, 0.25) is 0 Å². The third kappa shape index (κ3) is 8.15. The van der Waals surface area contributed by atoms with E-state index in [2.05, 4.69) is 141 Å². The predicted molar refractivity (Wildman–Crippen MR) is 318 cm³/mol. The van der Waals surface area contributed by atoms with Crippen LogP contribution in [0.3, 0.4) is 0 Å². The van der Waals surface area contributed by atoms with Gasteiger partial charge < -0.3 is 28.2 Å². The fraction of sp³-hybridized carbons (Fsp3) is 0.217. The molecule has 1 aliphatic rings. The summed E-state index contributed by atoms with van der Waals surface area (Å²) in [4.78, 5) is 9.08. The van der Waals surface area contributed by atoms with Gasteiger partial charge in [0.15, 0.2) is 0 Å². The number of aromatic nitrogens is 4. The van der Waals surface area contributed by atoms with Gasteiger partial charge in [-0.2, -0.15) is 6.07 Å². The van der Waals surface area contributed by atoms with E-state index in [1.807, 2.05) is 120 Å². The van der Waals surface area contributed by atoms with Crippen LogP contribution in [-0.2, 0) is 51.3 Å². The minimum absolute atomic E-state index is 0. The second-order valence-corrected chi connectivity index (χ2v) is 23.6. The summed E-state index contributed by atoms with van der Waals surface area (Å²) < 4.78 is 67.7. The number of fused-ring (bicyclic) bond motifs is 10. The van der Waals surface area contributed by atoms with E-state index in [4.69, 9.17) is 9.72 Å². The van der Waals surface area contributed by atoms with Crippen LogP contribution in [0.25, 0.3) is 82.4 Å². The first-order chi connectivity index (χ1) is 38.7. The average molecular weight is 1190 g/mol. The van der Waals surface area contributed by atoms with Crippen molar-refractivity contribution < 1.29 is 34.0 Å². The molecule has 388 valence electrons. The summed E-state index contributed by atoms with van der Waals surface area (Å²) in [7, 11) is 0. The molecule has 77 heavy (non-hydrogen) atoms. The smallest absolute Gasteiger partial charge is 0.135 e. The van der Waals surface area contributed by atoms with Gasteiger partial charge in [-0.15, -0.1) is 53.6 Å². The van der Waals surface area contributed by atoms with Crippen molar-refractivity contribution >= 4 is 88.2 Å². The molecule has 7 nitrogen and oxygen atoms in total. The Morgan fingerprint density at radius 2 is 1.12 bits per heavy atom. The van der Waals surface area contributed by atoms with E-state index in [-0.39, 0.29) is 37.3 Å². The van der Waals surface area contributed by atoms with E-state index in [9.17, 15) is 8.22 Å². The minimum atomic E-state index is -2.68. The number of ether oxygens (including phenoxy) is 1. The Hall–Kier alpha value is -7.60. The number of rotatable bonds is 6. The molecule has 0 fully saturated rings. The van der Waals surface area contributed by atoms with E-state index >= 15 is 0 Å². The maximum atomic E-state index is 9.29. The van der Waals surface area contributed by atoms with Crippen molar-refractivity contribution in [2.75, 3.05) is 9.80 Å². The maximum absolute atomic E-state index is 9.29. The first kappa shape index (κ1) is 43.5. The van der Waals surface area contributed by atoms with Crippen molar-refractivity contribution in [3.63, 3.8) is 0 Å². The van der Waals surface area contributed by atoms with Crippen LogP contribution < -0.4 is 14.5 Å². The van der Waals surface area contributed by atoms with Crippen LogP contribution in [0.4, 0.5) is 22.7 Å². The number of pyridine rings is 1. The van der Waals surface area contributed by atoms with Crippen LogP contribution in [0, 0.1) is 25.7 Å². The van der Waals surface area contributed by atoms with Crippen molar-refractivity contribution in [1.82, 2.24) is 18.7 Å². The van der Waals surface area contributed by atoms with Gasteiger partial charge in [0.25, 0.3) is 0 Å². The third-order valence-electron chi connectivity index (χ3n) is 15.5. The van der Waals surface area contributed by atoms with Gasteiger partial charge >= 0.3 is 0 Å². The van der Waals surface area contributed by atoms with E-state index in [1.165, 1.54) is 9.13 Å². The van der Waals surface area contributed by atoms with Crippen molar-refractivity contribution in [2.45, 2.75) is 85.5 Å². The molecule has 0 aliphatic carbocycles. The number of para-hydroxylation sites is 3. The summed E-state index contributed by atoms with van der Waals surface area (Å²) in [6, 6.07) is 58.2. The molecule has 8 aromatic carbocycles. The van der Waals surface area contributed by atoms with Crippen LogP contribution >= 0.6 is 0 Å². The zero-order valence-corrected chi connectivity index (χ0v) is 47.3.